The molecule has 2 rings (SSSR count). The third kappa shape index (κ3) is 3.86. The molecule has 0 spiro atoms. The topological polar surface area (TPSA) is 70.4 Å². The van der Waals surface area contributed by atoms with Gasteiger partial charge in [0.2, 0.25) is 0 Å². The Kier molecular flexibility index (Phi) is 4.76. The van der Waals surface area contributed by atoms with Gasteiger partial charge in [-0.15, -0.1) is 0 Å². The van der Waals surface area contributed by atoms with Gasteiger partial charge in [0.15, 0.2) is 0 Å². The summed E-state index contributed by atoms with van der Waals surface area (Å²) in [5.41, 5.74) is 10.7. The Morgan fingerprint density at radius 1 is 1.05 bits per heavy atom. The summed E-state index contributed by atoms with van der Waals surface area (Å²) >= 11 is 0. The molecular formula is C15H14N4O. The van der Waals surface area contributed by atoms with E-state index in [2.05, 4.69) is 15.0 Å². The zero-order valence-corrected chi connectivity index (χ0v) is 11.1. The van der Waals surface area contributed by atoms with Crippen LogP contribution in [0.4, 0.5) is 11.4 Å². The summed E-state index contributed by atoms with van der Waals surface area (Å²) in [6.45, 7) is 2.60. The van der Waals surface area contributed by atoms with Gasteiger partial charge >= 0.3 is 0 Å². The predicted octanol–water partition coefficient (Wildman–Crippen LogP) is 4.78. The van der Waals surface area contributed by atoms with Crippen molar-refractivity contribution in [3.05, 3.63) is 64.5 Å². The second-order valence-electron chi connectivity index (χ2n) is 3.97. The average Bonchev–Trinajstić information content (AvgIpc) is 2.49. The first-order chi connectivity index (χ1) is 9.81. The zero-order chi connectivity index (χ0) is 14.2. The second kappa shape index (κ2) is 6.97. The van der Waals surface area contributed by atoms with E-state index in [1.54, 1.807) is 18.3 Å². The van der Waals surface area contributed by atoms with Gasteiger partial charge in [0.05, 0.1) is 12.3 Å². The number of azide groups is 1. The molecule has 5 heteroatoms. The van der Waals surface area contributed by atoms with E-state index in [4.69, 9.17) is 10.3 Å². The highest BCUT2D eigenvalue weighted by atomic mass is 16.5. The maximum atomic E-state index is 8.32. The highest BCUT2D eigenvalue weighted by Crippen LogP contribution is 2.18. The standard InChI is InChI=1S/C15H14N4O/c1-2-20-15-9-7-13(8-10-15)17-11-12-3-5-14(6-4-12)18-19-16/h3-11H,2H2,1H3. The number of benzene rings is 2. The minimum atomic E-state index is 0.589. The third-order valence-corrected chi connectivity index (χ3v) is 2.56. The summed E-state index contributed by atoms with van der Waals surface area (Å²) in [4.78, 5) is 7.10. The summed E-state index contributed by atoms with van der Waals surface area (Å²) in [7, 11) is 0. The van der Waals surface area contributed by atoms with Gasteiger partial charge in [0.1, 0.15) is 5.75 Å². The fourth-order valence-corrected chi connectivity index (χ4v) is 1.62. The van der Waals surface area contributed by atoms with E-state index in [0.717, 1.165) is 17.0 Å². The lowest BCUT2D eigenvalue weighted by Gasteiger charge is -2.02. The van der Waals surface area contributed by atoms with E-state index in [1.165, 1.54) is 0 Å². The van der Waals surface area contributed by atoms with Gasteiger partial charge in [-0.1, -0.05) is 29.4 Å². The van der Waals surface area contributed by atoms with Gasteiger partial charge in [0.25, 0.3) is 0 Å². The van der Waals surface area contributed by atoms with Crippen molar-refractivity contribution in [1.29, 1.82) is 0 Å². The molecule has 2 aromatic carbocycles. The highest BCUT2D eigenvalue weighted by Gasteiger charge is 1.93. The van der Waals surface area contributed by atoms with Gasteiger partial charge in [-0.05, 0) is 42.3 Å². The predicted molar refractivity (Wildman–Crippen MR) is 80.1 cm³/mol. The van der Waals surface area contributed by atoms with Crippen LogP contribution in [0.2, 0.25) is 0 Å². The fourth-order valence-electron chi connectivity index (χ4n) is 1.62. The third-order valence-electron chi connectivity index (χ3n) is 2.56. The van der Waals surface area contributed by atoms with Crippen LogP contribution in [-0.4, -0.2) is 12.8 Å². The SMILES string of the molecule is CCOc1ccc(N=Cc2ccc(N=[N+]=[N-])cc2)cc1. The smallest absolute Gasteiger partial charge is 0.119 e. The van der Waals surface area contributed by atoms with Crippen LogP contribution in [0.5, 0.6) is 5.75 Å². The minimum Gasteiger partial charge on any atom is -0.494 e. The molecule has 0 fully saturated rings. The van der Waals surface area contributed by atoms with Crippen LogP contribution in [0.3, 0.4) is 0 Å². The molecule has 0 aromatic heterocycles. The van der Waals surface area contributed by atoms with Crippen molar-refractivity contribution in [2.75, 3.05) is 6.61 Å². The van der Waals surface area contributed by atoms with Gasteiger partial charge in [-0.3, -0.25) is 4.99 Å². The zero-order valence-electron chi connectivity index (χ0n) is 11.1. The van der Waals surface area contributed by atoms with Crippen LogP contribution in [0.15, 0.2) is 58.6 Å². The van der Waals surface area contributed by atoms with Crippen molar-refractivity contribution in [2.24, 2.45) is 10.1 Å². The van der Waals surface area contributed by atoms with Crippen LogP contribution < -0.4 is 4.74 Å². The molecule has 0 amide bonds. The lowest BCUT2D eigenvalue weighted by atomic mass is 10.2. The molecule has 0 heterocycles. The first kappa shape index (κ1) is 13.6. The quantitative estimate of drug-likeness (QED) is 0.332. The van der Waals surface area contributed by atoms with Crippen molar-refractivity contribution >= 4 is 17.6 Å². The summed E-state index contributed by atoms with van der Waals surface area (Å²) in [6.07, 6.45) is 1.76. The van der Waals surface area contributed by atoms with Crippen LogP contribution in [0, 0.1) is 0 Å². The number of aliphatic imine (C=N–C) groups is 1. The van der Waals surface area contributed by atoms with Crippen molar-refractivity contribution < 1.29 is 4.74 Å². The largest absolute Gasteiger partial charge is 0.494 e. The lowest BCUT2D eigenvalue weighted by molar-refractivity contribution is 0.340. The van der Waals surface area contributed by atoms with Crippen molar-refractivity contribution in [3.63, 3.8) is 0 Å². The molecule has 2 aromatic rings. The van der Waals surface area contributed by atoms with E-state index in [1.807, 2.05) is 43.3 Å². The van der Waals surface area contributed by atoms with E-state index in [0.29, 0.717) is 12.3 Å². The Morgan fingerprint density at radius 2 is 1.70 bits per heavy atom. The fraction of sp³-hybridized carbons (Fsp3) is 0.133. The summed E-state index contributed by atoms with van der Waals surface area (Å²) < 4.78 is 5.37. The van der Waals surface area contributed by atoms with Gasteiger partial charge < -0.3 is 4.74 Å². The van der Waals surface area contributed by atoms with Gasteiger partial charge in [0, 0.05) is 16.8 Å². The molecule has 5 nitrogen and oxygen atoms in total. The number of rotatable bonds is 5. The molecule has 0 saturated heterocycles. The molecule has 20 heavy (non-hydrogen) atoms. The maximum absolute atomic E-state index is 8.32. The summed E-state index contributed by atoms with van der Waals surface area (Å²) in [5, 5.41) is 3.52. The minimum absolute atomic E-state index is 0.589. The van der Waals surface area contributed by atoms with Crippen LogP contribution in [-0.2, 0) is 0 Å². The highest BCUT2D eigenvalue weighted by molar-refractivity contribution is 5.82. The summed E-state index contributed by atoms with van der Waals surface area (Å²) in [5.74, 6) is 0.838. The van der Waals surface area contributed by atoms with Crippen LogP contribution in [0.25, 0.3) is 10.4 Å². The Labute approximate surface area is 117 Å². The monoisotopic (exact) mass is 266 g/mol. The normalized spacial score (nSPS) is 10.2. The van der Waals surface area contributed by atoms with Crippen molar-refractivity contribution in [2.45, 2.75) is 6.92 Å². The van der Waals surface area contributed by atoms with E-state index in [-0.39, 0.29) is 0 Å². The molecule has 0 aliphatic heterocycles. The molecule has 0 radical (unpaired) electrons. The number of ether oxygens (including phenoxy) is 1. The first-order valence-electron chi connectivity index (χ1n) is 6.24. The van der Waals surface area contributed by atoms with Crippen molar-refractivity contribution in [3.8, 4) is 5.75 Å². The molecule has 0 unspecified atom stereocenters. The molecule has 0 bridgehead atoms. The molecule has 0 saturated carbocycles. The van der Waals surface area contributed by atoms with Gasteiger partial charge in [-0.2, -0.15) is 0 Å². The van der Waals surface area contributed by atoms with Crippen LogP contribution >= 0.6 is 0 Å². The Bertz CT molecular complexity index is 626. The number of hydrogen-bond acceptors (Lipinski definition) is 3. The Morgan fingerprint density at radius 3 is 2.30 bits per heavy atom. The molecule has 0 aliphatic rings. The molecule has 100 valence electrons. The lowest BCUT2D eigenvalue weighted by Crippen LogP contribution is -1.89. The maximum Gasteiger partial charge on any atom is 0.119 e. The molecule has 0 N–H and O–H groups in total. The molecule has 0 aliphatic carbocycles. The average molecular weight is 266 g/mol. The Balaban J connectivity index is 2.06. The van der Waals surface area contributed by atoms with E-state index >= 15 is 0 Å². The Hall–Kier alpha value is -2.78. The summed E-state index contributed by atoms with van der Waals surface area (Å²) in [6, 6.07) is 14.8. The number of hydrogen-bond donors (Lipinski definition) is 0. The van der Waals surface area contributed by atoms with E-state index < -0.39 is 0 Å². The first-order valence-corrected chi connectivity index (χ1v) is 6.24. The molecule has 0 atom stereocenters. The van der Waals surface area contributed by atoms with Crippen molar-refractivity contribution in [1.82, 2.24) is 0 Å². The van der Waals surface area contributed by atoms with Crippen LogP contribution in [0.1, 0.15) is 12.5 Å². The second-order valence-corrected chi connectivity index (χ2v) is 3.97. The van der Waals surface area contributed by atoms with E-state index in [9.17, 15) is 0 Å². The molecular weight excluding hydrogens is 252 g/mol. The number of nitrogens with zero attached hydrogens (tertiary/aromatic N) is 4. The van der Waals surface area contributed by atoms with Gasteiger partial charge in [-0.25, -0.2) is 0 Å².